The summed E-state index contributed by atoms with van der Waals surface area (Å²) in [6, 6.07) is 9.89. The van der Waals surface area contributed by atoms with Crippen molar-refractivity contribution < 1.29 is 0 Å². The Balaban J connectivity index is 2.07. The zero-order valence-electron chi connectivity index (χ0n) is 9.33. The molecule has 1 aromatic carbocycles. The molecule has 1 N–H and O–H groups in total. The van der Waals surface area contributed by atoms with E-state index in [1.165, 1.54) is 5.56 Å². The van der Waals surface area contributed by atoms with E-state index in [-0.39, 0.29) is 0 Å². The van der Waals surface area contributed by atoms with Gasteiger partial charge < -0.3 is 5.32 Å². The molecule has 2 nitrogen and oxygen atoms in total. The summed E-state index contributed by atoms with van der Waals surface area (Å²) in [5, 5.41) is 14.6. The van der Waals surface area contributed by atoms with Gasteiger partial charge in [0.1, 0.15) is 6.07 Å². The second-order valence-corrected chi connectivity index (χ2v) is 5.15. The number of nitriles is 1. The van der Waals surface area contributed by atoms with Crippen molar-refractivity contribution in [1.82, 2.24) is 0 Å². The zero-order chi connectivity index (χ0) is 12.3. The summed E-state index contributed by atoms with van der Waals surface area (Å²) in [4.78, 5) is 1.12. The third-order valence-corrected chi connectivity index (χ3v) is 3.62. The van der Waals surface area contributed by atoms with Crippen LogP contribution in [0.15, 0.2) is 29.6 Å². The maximum absolute atomic E-state index is 8.73. The van der Waals surface area contributed by atoms with Gasteiger partial charge in [0, 0.05) is 16.8 Å². The van der Waals surface area contributed by atoms with Crippen molar-refractivity contribution in [1.29, 1.82) is 5.26 Å². The van der Waals surface area contributed by atoms with Crippen molar-refractivity contribution in [3.8, 4) is 6.07 Å². The molecule has 0 radical (unpaired) electrons. The van der Waals surface area contributed by atoms with Crippen molar-refractivity contribution in [3.05, 3.63) is 50.7 Å². The number of anilines is 1. The molecule has 2 aromatic rings. The van der Waals surface area contributed by atoms with Gasteiger partial charge in [-0.25, -0.2) is 0 Å². The summed E-state index contributed by atoms with van der Waals surface area (Å²) < 4.78 is 0. The Kier molecular flexibility index (Phi) is 3.68. The predicted octanol–water partition coefficient (Wildman–Crippen LogP) is 4.19. The van der Waals surface area contributed by atoms with E-state index in [1.807, 2.05) is 36.6 Å². The number of thiophene rings is 1. The van der Waals surface area contributed by atoms with E-state index in [0.717, 1.165) is 10.6 Å². The summed E-state index contributed by atoms with van der Waals surface area (Å²) in [5.41, 5.74) is 2.81. The van der Waals surface area contributed by atoms with E-state index in [4.69, 9.17) is 16.9 Å². The molecule has 0 saturated heterocycles. The molecule has 0 spiro atoms. The van der Waals surface area contributed by atoms with Gasteiger partial charge in [-0.15, -0.1) is 11.3 Å². The van der Waals surface area contributed by atoms with Crippen LogP contribution in [0.3, 0.4) is 0 Å². The van der Waals surface area contributed by atoms with E-state index < -0.39 is 0 Å². The Labute approximate surface area is 109 Å². The summed E-state index contributed by atoms with van der Waals surface area (Å²) in [6.07, 6.45) is 0. The number of nitrogens with one attached hydrogen (secondary N) is 1. The van der Waals surface area contributed by atoms with Crippen molar-refractivity contribution in [2.24, 2.45) is 0 Å². The van der Waals surface area contributed by atoms with Gasteiger partial charge in [-0.2, -0.15) is 5.26 Å². The van der Waals surface area contributed by atoms with Crippen molar-refractivity contribution in [2.75, 3.05) is 5.32 Å². The first-order valence-electron chi connectivity index (χ1n) is 5.16. The van der Waals surface area contributed by atoms with E-state index in [9.17, 15) is 0 Å². The third kappa shape index (κ3) is 3.00. The smallest absolute Gasteiger partial charge is 0.100 e. The topological polar surface area (TPSA) is 35.8 Å². The first-order valence-corrected chi connectivity index (χ1v) is 6.42. The fraction of sp³-hybridized carbons (Fsp3) is 0.154. The van der Waals surface area contributed by atoms with E-state index in [2.05, 4.69) is 11.4 Å². The molecule has 0 atom stereocenters. The largest absolute Gasteiger partial charge is 0.379 e. The Bertz CT molecular complexity index is 569. The highest BCUT2D eigenvalue weighted by Crippen LogP contribution is 2.24. The molecule has 0 unspecified atom stereocenters. The minimum absolute atomic E-state index is 0.690. The highest BCUT2D eigenvalue weighted by atomic mass is 35.5. The standard InChI is InChI=1S/C13H11ClN2S/c1-9-2-3-12(14)13(4-9)16-7-11-5-10(6-15)8-17-11/h2-5,8,16H,7H2,1H3. The normalized spacial score (nSPS) is 9.94. The van der Waals surface area contributed by atoms with Crippen LogP contribution in [0.1, 0.15) is 16.0 Å². The van der Waals surface area contributed by atoms with Crippen LogP contribution in [0.25, 0.3) is 0 Å². The summed E-state index contributed by atoms with van der Waals surface area (Å²) in [7, 11) is 0. The minimum atomic E-state index is 0.690. The molecule has 86 valence electrons. The summed E-state index contributed by atoms with van der Waals surface area (Å²) in [6.45, 7) is 2.72. The average Bonchev–Trinajstić information content (AvgIpc) is 2.78. The lowest BCUT2D eigenvalue weighted by Crippen LogP contribution is -1.98. The van der Waals surface area contributed by atoms with Gasteiger partial charge in [0.05, 0.1) is 16.3 Å². The molecule has 1 aromatic heterocycles. The lowest BCUT2D eigenvalue weighted by molar-refractivity contribution is 1.19. The van der Waals surface area contributed by atoms with Crippen molar-refractivity contribution >= 4 is 28.6 Å². The molecular formula is C13H11ClN2S. The van der Waals surface area contributed by atoms with Gasteiger partial charge in [0.25, 0.3) is 0 Å². The molecule has 0 bridgehead atoms. The molecule has 1 heterocycles. The van der Waals surface area contributed by atoms with Gasteiger partial charge in [-0.3, -0.25) is 0 Å². The van der Waals surface area contributed by atoms with Gasteiger partial charge in [0.15, 0.2) is 0 Å². The van der Waals surface area contributed by atoms with Crippen LogP contribution in [0, 0.1) is 18.3 Å². The number of benzene rings is 1. The maximum atomic E-state index is 8.73. The molecule has 0 aliphatic rings. The van der Waals surface area contributed by atoms with Gasteiger partial charge in [0.2, 0.25) is 0 Å². The van der Waals surface area contributed by atoms with Crippen LogP contribution in [-0.2, 0) is 6.54 Å². The lowest BCUT2D eigenvalue weighted by atomic mass is 10.2. The van der Waals surface area contributed by atoms with Crippen LogP contribution in [0.5, 0.6) is 0 Å². The van der Waals surface area contributed by atoms with Crippen molar-refractivity contribution in [3.63, 3.8) is 0 Å². The number of nitrogens with zero attached hydrogens (tertiary/aromatic N) is 1. The third-order valence-electron chi connectivity index (χ3n) is 2.36. The van der Waals surface area contributed by atoms with Gasteiger partial charge in [-0.05, 0) is 30.7 Å². The van der Waals surface area contributed by atoms with E-state index >= 15 is 0 Å². The number of halogens is 1. The molecule has 4 heteroatoms. The Hall–Kier alpha value is -1.50. The second kappa shape index (κ2) is 5.22. The Morgan fingerprint density at radius 2 is 2.24 bits per heavy atom. The number of hydrogen-bond donors (Lipinski definition) is 1. The lowest BCUT2D eigenvalue weighted by Gasteiger charge is -2.07. The minimum Gasteiger partial charge on any atom is -0.379 e. The maximum Gasteiger partial charge on any atom is 0.100 e. The zero-order valence-corrected chi connectivity index (χ0v) is 10.9. The number of aryl methyl sites for hydroxylation is 1. The van der Waals surface area contributed by atoms with Crippen LogP contribution < -0.4 is 5.32 Å². The highest BCUT2D eigenvalue weighted by Gasteiger charge is 2.02. The molecule has 0 saturated carbocycles. The van der Waals surface area contributed by atoms with Gasteiger partial charge >= 0.3 is 0 Å². The summed E-state index contributed by atoms with van der Waals surface area (Å²) >= 11 is 7.66. The van der Waals surface area contributed by atoms with Crippen LogP contribution in [0.4, 0.5) is 5.69 Å². The monoisotopic (exact) mass is 262 g/mol. The first kappa shape index (κ1) is 12.0. The molecule has 0 aliphatic heterocycles. The molecule has 0 amide bonds. The van der Waals surface area contributed by atoms with Crippen molar-refractivity contribution in [2.45, 2.75) is 13.5 Å². The molecular weight excluding hydrogens is 252 g/mol. The summed E-state index contributed by atoms with van der Waals surface area (Å²) in [5.74, 6) is 0. The quantitative estimate of drug-likeness (QED) is 0.900. The SMILES string of the molecule is Cc1ccc(Cl)c(NCc2cc(C#N)cs2)c1. The Morgan fingerprint density at radius 1 is 1.41 bits per heavy atom. The predicted molar refractivity (Wildman–Crippen MR) is 72.5 cm³/mol. The van der Waals surface area contributed by atoms with Crippen LogP contribution in [-0.4, -0.2) is 0 Å². The number of hydrogen-bond acceptors (Lipinski definition) is 3. The fourth-order valence-corrected chi connectivity index (χ4v) is 2.42. The Morgan fingerprint density at radius 3 is 2.94 bits per heavy atom. The second-order valence-electron chi connectivity index (χ2n) is 3.75. The molecule has 0 aliphatic carbocycles. The first-order chi connectivity index (χ1) is 8.19. The molecule has 2 rings (SSSR count). The van der Waals surface area contributed by atoms with Gasteiger partial charge in [-0.1, -0.05) is 17.7 Å². The van der Waals surface area contributed by atoms with E-state index in [0.29, 0.717) is 17.1 Å². The van der Waals surface area contributed by atoms with Crippen LogP contribution >= 0.6 is 22.9 Å². The molecule has 17 heavy (non-hydrogen) atoms. The van der Waals surface area contributed by atoms with Crippen LogP contribution in [0.2, 0.25) is 5.02 Å². The fourth-order valence-electron chi connectivity index (χ4n) is 1.49. The highest BCUT2D eigenvalue weighted by molar-refractivity contribution is 7.10. The average molecular weight is 263 g/mol. The number of rotatable bonds is 3. The molecule has 0 fully saturated rings. The van der Waals surface area contributed by atoms with E-state index in [1.54, 1.807) is 11.3 Å².